The number of ether oxygens (including phenoxy) is 1. The minimum atomic E-state index is -0.817. The number of carbonyl (C=O) groups excluding carboxylic acids is 1. The number of hydrogen-bond acceptors (Lipinski definition) is 4. The first-order chi connectivity index (χ1) is 10.1. The summed E-state index contributed by atoms with van der Waals surface area (Å²) in [5.74, 6) is -0.732. The molecule has 6 heteroatoms. The van der Waals surface area contributed by atoms with Crippen LogP contribution in [0.1, 0.15) is 44.9 Å². The van der Waals surface area contributed by atoms with E-state index in [1.54, 1.807) is 0 Å². The highest BCUT2D eigenvalue weighted by molar-refractivity contribution is 5.76. The largest absolute Gasteiger partial charge is 0.481 e. The number of nitrogens with zero attached hydrogens (tertiary/aromatic N) is 1. The van der Waals surface area contributed by atoms with Crippen LogP contribution in [0.15, 0.2) is 0 Å². The molecule has 1 amide bonds. The summed E-state index contributed by atoms with van der Waals surface area (Å²) in [6, 6.07) is 0.226. The van der Waals surface area contributed by atoms with Crippen LogP contribution in [0.3, 0.4) is 0 Å². The summed E-state index contributed by atoms with van der Waals surface area (Å²) >= 11 is 0. The van der Waals surface area contributed by atoms with E-state index >= 15 is 0 Å². The molecule has 1 heterocycles. The van der Waals surface area contributed by atoms with Crippen molar-refractivity contribution in [3.63, 3.8) is 0 Å². The Bertz CT molecular complexity index is 356. The predicted octanol–water partition coefficient (Wildman–Crippen LogP) is 1.00. The second-order valence-electron chi connectivity index (χ2n) is 6.02. The SMILES string of the molecule is O=C(O)CC1COCCN1CCC(=O)NC1CCCCC1. The van der Waals surface area contributed by atoms with Gasteiger partial charge in [0.15, 0.2) is 0 Å². The number of morpholine rings is 1. The Labute approximate surface area is 125 Å². The lowest BCUT2D eigenvalue weighted by atomic mass is 9.95. The lowest BCUT2D eigenvalue weighted by molar-refractivity contribution is -0.140. The van der Waals surface area contributed by atoms with Gasteiger partial charge >= 0.3 is 5.97 Å². The van der Waals surface area contributed by atoms with Crippen molar-refractivity contribution in [2.24, 2.45) is 0 Å². The molecule has 1 aliphatic heterocycles. The number of aliphatic carboxylic acids is 1. The lowest BCUT2D eigenvalue weighted by Gasteiger charge is -2.34. The van der Waals surface area contributed by atoms with E-state index in [0.29, 0.717) is 38.8 Å². The first-order valence-electron chi connectivity index (χ1n) is 7.98. The summed E-state index contributed by atoms with van der Waals surface area (Å²) in [6.07, 6.45) is 6.37. The van der Waals surface area contributed by atoms with Gasteiger partial charge in [-0.05, 0) is 12.8 Å². The molecule has 6 nitrogen and oxygen atoms in total. The summed E-state index contributed by atoms with van der Waals surface area (Å²) in [4.78, 5) is 24.9. The molecule has 1 aliphatic carbocycles. The second-order valence-corrected chi connectivity index (χ2v) is 6.02. The summed E-state index contributed by atoms with van der Waals surface area (Å²) in [5.41, 5.74) is 0. The van der Waals surface area contributed by atoms with E-state index in [-0.39, 0.29) is 18.4 Å². The molecule has 2 N–H and O–H groups in total. The summed E-state index contributed by atoms with van der Waals surface area (Å²) in [7, 11) is 0. The van der Waals surface area contributed by atoms with E-state index in [1.165, 1.54) is 19.3 Å². The molecule has 0 radical (unpaired) electrons. The van der Waals surface area contributed by atoms with Crippen LogP contribution < -0.4 is 5.32 Å². The van der Waals surface area contributed by atoms with Gasteiger partial charge < -0.3 is 15.2 Å². The van der Waals surface area contributed by atoms with Gasteiger partial charge in [-0.1, -0.05) is 19.3 Å². The van der Waals surface area contributed by atoms with Crippen LogP contribution in [0.25, 0.3) is 0 Å². The van der Waals surface area contributed by atoms with Crippen LogP contribution in [0.5, 0.6) is 0 Å². The highest BCUT2D eigenvalue weighted by atomic mass is 16.5. The second kappa shape index (κ2) is 8.34. The maximum atomic E-state index is 12.0. The predicted molar refractivity (Wildman–Crippen MR) is 78.1 cm³/mol. The molecule has 0 aromatic rings. The van der Waals surface area contributed by atoms with E-state index in [1.807, 2.05) is 0 Å². The van der Waals surface area contributed by atoms with E-state index in [4.69, 9.17) is 9.84 Å². The highest BCUT2D eigenvalue weighted by Gasteiger charge is 2.25. The zero-order chi connectivity index (χ0) is 15.1. The van der Waals surface area contributed by atoms with E-state index in [9.17, 15) is 9.59 Å². The van der Waals surface area contributed by atoms with Gasteiger partial charge in [0, 0.05) is 31.6 Å². The number of rotatable bonds is 6. The molecule has 0 bridgehead atoms. The smallest absolute Gasteiger partial charge is 0.305 e. The summed E-state index contributed by atoms with van der Waals surface area (Å²) in [6.45, 7) is 2.37. The Morgan fingerprint density at radius 2 is 2.00 bits per heavy atom. The molecule has 0 spiro atoms. The lowest BCUT2D eigenvalue weighted by Crippen LogP contribution is -2.48. The average molecular weight is 298 g/mol. The molecule has 0 aromatic carbocycles. The molecule has 0 aromatic heterocycles. The van der Waals surface area contributed by atoms with E-state index in [0.717, 1.165) is 12.8 Å². The minimum Gasteiger partial charge on any atom is -0.481 e. The standard InChI is InChI=1S/C15H26N2O4/c18-14(16-12-4-2-1-3-5-12)6-7-17-8-9-21-11-13(17)10-15(19)20/h12-13H,1-11H2,(H,16,18)(H,19,20). The number of hydrogen-bond donors (Lipinski definition) is 2. The molecule has 1 unspecified atom stereocenters. The third kappa shape index (κ3) is 5.63. The molecule has 2 fully saturated rings. The first kappa shape index (κ1) is 16.2. The third-order valence-electron chi connectivity index (χ3n) is 4.36. The molecule has 21 heavy (non-hydrogen) atoms. The molecule has 2 rings (SSSR count). The van der Waals surface area contributed by atoms with Crippen LogP contribution in [0.2, 0.25) is 0 Å². The van der Waals surface area contributed by atoms with Gasteiger partial charge in [0.05, 0.1) is 19.6 Å². The number of carbonyl (C=O) groups is 2. The maximum Gasteiger partial charge on any atom is 0.305 e. The topological polar surface area (TPSA) is 78.9 Å². The van der Waals surface area contributed by atoms with Crippen molar-refractivity contribution in [3.8, 4) is 0 Å². The average Bonchev–Trinajstić information content (AvgIpc) is 2.47. The van der Waals surface area contributed by atoms with Gasteiger partial charge in [-0.2, -0.15) is 0 Å². The molecule has 1 saturated carbocycles. The number of amides is 1. The monoisotopic (exact) mass is 298 g/mol. The van der Waals surface area contributed by atoms with Gasteiger partial charge in [-0.15, -0.1) is 0 Å². The van der Waals surface area contributed by atoms with Crippen LogP contribution in [-0.4, -0.2) is 60.3 Å². The van der Waals surface area contributed by atoms with Gasteiger partial charge in [-0.3, -0.25) is 14.5 Å². The third-order valence-corrected chi connectivity index (χ3v) is 4.36. The highest BCUT2D eigenvalue weighted by Crippen LogP contribution is 2.17. The van der Waals surface area contributed by atoms with Gasteiger partial charge in [0.25, 0.3) is 0 Å². The molecule has 1 atom stereocenters. The maximum absolute atomic E-state index is 12.0. The first-order valence-corrected chi connectivity index (χ1v) is 7.98. The van der Waals surface area contributed by atoms with Gasteiger partial charge in [0.2, 0.25) is 5.91 Å². The van der Waals surface area contributed by atoms with Gasteiger partial charge in [0.1, 0.15) is 0 Å². The van der Waals surface area contributed by atoms with Gasteiger partial charge in [-0.25, -0.2) is 0 Å². The molecular weight excluding hydrogens is 272 g/mol. The fourth-order valence-corrected chi connectivity index (χ4v) is 3.17. The summed E-state index contributed by atoms with van der Waals surface area (Å²) in [5, 5.41) is 12.0. The van der Waals surface area contributed by atoms with Crippen LogP contribution in [-0.2, 0) is 14.3 Å². The Balaban J connectivity index is 1.71. The molecular formula is C15H26N2O4. The number of carboxylic acid groups (broad SMARTS) is 1. The van der Waals surface area contributed by atoms with Crippen molar-refractivity contribution < 1.29 is 19.4 Å². The van der Waals surface area contributed by atoms with Crippen LogP contribution >= 0.6 is 0 Å². The van der Waals surface area contributed by atoms with Crippen LogP contribution in [0, 0.1) is 0 Å². The number of nitrogens with one attached hydrogen (secondary N) is 1. The molecule has 1 saturated heterocycles. The Morgan fingerprint density at radius 3 is 2.71 bits per heavy atom. The number of carboxylic acids is 1. The minimum absolute atomic E-state index is 0.0737. The fourth-order valence-electron chi connectivity index (χ4n) is 3.17. The van der Waals surface area contributed by atoms with Crippen molar-refractivity contribution in [1.29, 1.82) is 0 Å². The van der Waals surface area contributed by atoms with Crippen molar-refractivity contribution in [2.45, 2.75) is 57.0 Å². The zero-order valence-corrected chi connectivity index (χ0v) is 12.6. The fraction of sp³-hybridized carbons (Fsp3) is 0.867. The quantitative estimate of drug-likeness (QED) is 0.765. The molecule has 2 aliphatic rings. The van der Waals surface area contributed by atoms with Crippen molar-refractivity contribution in [2.75, 3.05) is 26.3 Å². The van der Waals surface area contributed by atoms with Crippen molar-refractivity contribution in [3.05, 3.63) is 0 Å². The van der Waals surface area contributed by atoms with Crippen molar-refractivity contribution >= 4 is 11.9 Å². The zero-order valence-electron chi connectivity index (χ0n) is 12.6. The van der Waals surface area contributed by atoms with E-state index < -0.39 is 5.97 Å². The Hall–Kier alpha value is -1.14. The summed E-state index contributed by atoms with van der Waals surface area (Å²) < 4.78 is 5.34. The Morgan fingerprint density at radius 1 is 1.24 bits per heavy atom. The van der Waals surface area contributed by atoms with Crippen molar-refractivity contribution in [1.82, 2.24) is 10.2 Å². The Kier molecular flexibility index (Phi) is 6.45. The van der Waals surface area contributed by atoms with Crippen LogP contribution in [0.4, 0.5) is 0 Å². The van der Waals surface area contributed by atoms with E-state index in [2.05, 4.69) is 10.2 Å². The normalized spacial score (nSPS) is 24.7. The molecule has 120 valence electrons.